The number of aromatic nitrogens is 4. The molecule has 156 valence electrons. The van der Waals surface area contributed by atoms with Gasteiger partial charge in [-0.1, -0.05) is 13.3 Å². The number of nitrogens with zero attached hydrogens (tertiary/aromatic N) is 6. The minimum Gasteiger partial charge on any atom is -0.335 e. The van der Waals surface area contributed by atoms with E-state index in [9.17, 15) is 4.79 Å². The van der Waals surface area contributed by atoms with Gasteiger partial charge in [0.2, 0.25) is 10.7 Å². The Morgan fingerprint density at radius 2 is 2.14 bits per heavy atom. The molecule has 0 radical (unpaired) electrons. The largest absolute Gasteiger partial charge is 0.335 e. The maximum absolute atomic E-state index is 12.6. The fraction of sp³-hybridized carbons (Fsp3) is 0.619. The van der Waals surface area contributed by atoms with E-state index >= 15 is 0 Å². The number of likely N-dealkylation sites (tertiary alicyclic amines) is 1. The van der Waals surface area contributed by atoms with Crippen molar-refractivity contribution in [3.63, 3.8) is 0 Å². The molecular formula is C21H30N6OS. The monoisotopic (exact) mass is 414 g/mol. The lowest BCUT2D eigenvalue weighted by molar-refractivity contribution is -0.131. The Kier molecular flexibility index (Phi) is 6.40. The molecule has 0 unspecified atom stereocenters. The van der Waals surface area contributed by atoms with Gasteiger partial charge in [-0.3, -0.25) is 19.2 Å². The maximum Gasteiger partial charge on any atom is 0.222 e. The van der Waals surface area contributed by atoms with Gasteiger partial charge in [-0.25, -0.2) is 4.68 Å². The molecule has 2 fully saturated rings. The Labute approximate surface area is 177 Å². The molecule has 2 aromatic heterocycles. The standard InChI is InChI=1S/C21H30N6OS/c1-2-12-25(17-9-10-17)16-26-21(29)27(18-7-6-11-22-14-18)19(23-26)15-24-13-5-3-4-8-20(24)28/h6-7,11,14,17H,2-5,8-10,12-13,15-16H2,1H3. The average Bonchev–Trinajstić information content (AvgIpc) is 3.54. The van der Waals surface area contributed by atoms with Gasteiger partial charge >= 0.3 is 0 Å². The van der Waals surface area contributed by atoms with Crippen LogP contribution < -0.4 is 0 Å². The van der Waals surface area contributed by atoms with Crippen LogP contribution in [0.25, 0.3) is 5.69 Å². The molecule has 2 aliphatic rings. The van der Waals surface area contributed by atoms with Crippen LogP contribution in [0.3, 0.4) is 0 Å². The quantitative estimate of drug-likeness (QED) is 0.619. The summed E-state index contributed by atoms with van der Waals surface area (Å²) in [6.07, 6.45) is 10.9. The predicted octanol–water partition coefficient (Wildman–Crippen LogP) is 3.53. The molecule has 0 atom stereocenters. The zero-order valence-corrected chi connectivity index (χ0v) is 18.0. The van der Waals surface area contributed by atoms with E-state index in [2.05, 4.69) is 16.8 Å². The van der Waals surface area contributed by atoms with E-state index < -0.39 is 0 Å². The van der Waals surface area contributed by atoms with E-state index in [1.807, 2.05) is 26.3 Å². The smallest absolute Gasteiger partial charge is 0.222 e. The molecule has 1 amide bonds. The highest BCUT2D eigenvalue weighted by Crippen LogP contribution is 2.27. The van der Waals surface area contributed by atoms with Crippen LogP contribution in [0.15, 0.2) is 24.5 Å². The Morgan fingerprint density at radius 1 is 1.28 bits per heavy atom. The van der Waals surface area contributed by atoms with Gasteiger partial charge in [0.05, 0.1) is 25.1 Å². The summed E-state index contributed by atoms with van der Waals surface area (Å²) >= 11 is 5.83. The molecule has 0 aromatic carbocycles. The number of carbonyl (C=O) groups excluding carboxylic acids is 1. The van der Waals surface area contributed by atoms with Gasteiger partial charge in [-0.05, 0) is 63.0 Å². The molecule has 1 saturated carbocycles. The molecule has 8 heteroatoms. The molecule has 0 spiro atoms. The van der Waals surface area contributed by atoms with E-state index in [1.54, 1.807) is 12.4 Å². The van der Waals surface area contributed by atoms with Crippen LogP contribution in [-0.4, -0.2) is 54.2 Å². The lowest BCUT2D eigenvalue weighted by atomic mass is 10.2. The Bertz CT molecular complexity index is 888. The minimum absolute atomic E-state index is 0.214. The molecular weight excluding hydrogens is 384 g/mol. The van der Waals surface area contributed by atoms with E-state index in [-0.39, 0.29) is 5.91 Å². The van der Waals surface area contributed by atoms with Crippen LogP contribution in [0.2, 0.25) is 0 Å². The topological polar surface area (TPSA) is 59.2 Å². The van der Waals surface area contributed by atoms with Crippen molar-refractivity contribution in [2.24, 2.45) is 0 Å². The fourth-order valence-electron chi connectivity index (χ4n) is 4.04. The summed E-state index contributed by atoms with van der Waals surface area (Å²) in [6, 6.07) is 4.55. The minimum atomic E-state index is 0.214. The molecule has 29 heavy (non-hydrogen) atoms. The van der Waals surface area contributed by atoms with E-state index in [1.165, 1.54) is 12.8 Å². The van der Waals surface area contributed by atoms with Crippen molar-refractivity contribution < 1.29 is 4.79 Å². The first-order valence-corrected chi connectivity index (χ1v) is 11.2. The van der Waals surface area contributed by atoms with Crippen LogP contribution in [0.5, 0.6) is 0 Å². The predicted molar refractivity (Wildman–Crippen MR) is 114 cm³/mol. The lowest BCUT2D eigenvalue weighted by Gasteiger charge is -2.21. The second kappa shape index (κ2) is 9.17. The number of hydrogen-bond acceptors (Lipinski definition) is 5. The molecule has 7 nitrogen and oxygen atoms in total. The van der Waals surface area contributed by atoms with Crippen LogP contribution in [-0.2, 0) is 18.0 Å². The number of hydrogen-bond donors (Lipinski definition) is 0. The van der Waals surface area contributed by atoms with E-state index in [0.29, 0.717) is 30.4 Å². The van der Waals surface area contributed by atoms with Crippen molar-refractivity contribution >= 4 is 18.1 Å². The summed E-state index contributed by atoms with van der Waals surface area (Å²) in [5.74, 6) is 1.02. The van der Waals surface area contributed by atoms with Gasteiger partial charge in [-0.15, -0.1) is 0 Å². The van der Waals surface area contributed by atoms with Gasteiger partial charge in [0.25, 0.3) is 0 Å². The van der Waals surface area contributed by atoms with Crippen molar-refractivity contribution in [2.45, 2.75) is 71.1 Å². The lowest BCUT2D eigenvalue weighted by Crippen LogP contribution is -2.31. The summed E-state index contributed by atoms with van der Waals surface area (Å²) in [4.78, 5) is 21.2. The third-order valence-corrected chi connectivity index (χ3v) is 6.10. The SMILES string of the molecule is CCCN(Cn1nc(CN2CCCCCC2=O)n(-c2cccnc2)c1=S)C1CC1. The van der Waals surface area contributed by atoms with Crippen LogP contribution >= 0.6 is 12.2 Å². The van der Waals surface area contributed by atoms with Crippen molar-refractivity contribution in [3.8, 4) is 5.69 Å². The average molecular weight is 415 g/mol. The summed E-state index contributed by atoms with van der Waals surface area (Å²) in [5, 5.41) is 4.89. The van der Waals surface area contributed by atoms with E-state index in [4.69, 9.17) is 17.3 Å². The van der Waals surface area contributed by atoms with Crippen molar-refractivity contribution in [1.29, 1.82) is 0 Å². The number of pyridine rings is 1. The number of carbonyl (C=O) groups is 1. The highest BCUT2D eigenvalue weighted by molar-refractivity contribution is 7.71. The fourth-order valence-corrected chi connectivity index (χ4v) is 4.35. The third-order valence-electron chi connectivity index (χ3n) is 5.70. The Balaban J connectivity index is 1.66. The van der Waals surface area contributed by atoms with Crippen LogP contribution in [0.1, 0.15) is 57.7 Å². The molecule has 0 N–H and O–H groups in total. The third kappa shape index (κ3) is 4.75. The molecule has 4 rings (SSSR count). The number of amides is 1. The van der Waals surface area contributed by atoms with Gasteiger partial charge in [0, 0.05) is 25.2 Å². The molecule has 1 aliphatic carbocycles. The zero-order valence-electron chi connectivity index (χ0n) is 17.2. The first-order chi connectivity index (χ1) is 14.2. The van der Waals surface area contributed by atoms with Gasteiger partial charge in [0.1, 0.15) is 0 Å². The molecule has 2 aromatic rings. The zero-order chi connectivity index (χ0) is 20.2. The molecule has 3 heterocycles. The summed E-state index contributed by atoms with van der Waals surface area (Å²) in [7, 11) is 0. The maximum atomic E-state index is 12.6. The number of rotatable bonds is 8. The highest BCUT2D eigenvalue weighted by atomic mass is 32.1. The molecule has 1 saturated heterocycles. The summed E-state index contributed by atoms with van der Waals surface area (Å²) in [5.41, 5.74) is 0.898. The normalized spacial score (nSPS) is 17.7. The first kappa shape index (κ1) is 20.2. The Hall–Kier alpha value is -2.06. The molecule has 1 aliphatic heterocycles. The van der Waals surface area contributed by atoms with E-state index in [0.717, 1.165) is 50.3 Å². The second-order valence-corrected chi connectivity index (χ2v) is 8.42. The summed E-state index contributed by atoms with van der Waals surface area (Å²) < 4.78 is 4.57. The first-order valence-electron chi connectivity index (χ1n) is 10.8. The van der Waals surface area contributed by atoms with Crippen molar-refractivity contribution in [1.82, 2.24) is 29.1 Å². The van der Waals surface area contributed by atoms with Gasteiger partial charge in [-0.2, -0.15) is 5.10 Å². The van der Waals surface area contributed by atoms with Gasteiger partial charge in [0.15, 0.2) is 5.82 Å². The van der Waals surface area contributed by atoms with Crippen molar-refractivity contribution in [3.05, 3.63) is 35.1 Å². The second-order valence-electron chi connectivity index (χ2n) is 8.06. The molecule has 0 bridgehead atoms. The van der Waals surface area contributed by atoms with Crippen LogP contribution in [0.4, 0.5) is 0 Å². The Morgan fingerprint density at radius 3 is 2.86 bits per heavy atom. The van der Waals surface area contributed by atoms with Crippen LogP contribution in [0, 0.1) is 4.77 Å². The van der Waals surface area contributed by atoms with Crippen molar-refractivity contribution in [2.75, 3.05) is 13.1 Å². The highest BCUT2D eigenvalue weighted by Gasteiger charge is 2.29. The summed E-state index contributed by atoms with van der Waals surface area (Å²) in [6.45, 7) is 5.23. The van der Waals surface area contributed by atoms with Gasteiger partial charge < -0.3 is 4.90 Å².